The van der Waals surface area contributed by atoms with Gasteiger partial charge in [0.15, 0.2) is 5.01 Å². The van der Waals surface area contributed by atoms with Crippen molar-refractivity contribution >= 4 is 52.2 Å². The number of aromatic nitrogens is 1. The Morgan fingerprint density at radius 2 is 1.73 bits per heavy atom. The highest BCUT2D eigenvalue weighted by molar-refractivity contribution is 7.12. The number of thiazole rings is 1. The highest BCUT2D eigenvalue weighted by Gasteiger charge is 2.26. The predicted molar refractivity (Wildman–Crippen MR) is 130 cm³/mol. The first kappa shape index (κ1) is 24.2. The standard InChI is InChI=1S/C23H23ClN4O4S/c1-13(2)19(22(30)32-3)28-20(29)21-27-18(12-33-21)14-7-9-16(10-8-14)25-23(31)26-17-6-4-5-15(24)11-17/h4-13,19H,1-3H3,(H,28,29)(H2,25,26,31)/t19-/m0/s1. The average Bonchev–Trinajstić information content (AvgIpc) is 3.27. The Kier molecular flexibility index (Phi) is 8.02. The number of halogens is 1. The number of hydrogen-bond acceptors (Lipinski definition) is 6. The lowest BCUT2D eigenvalue weighted by Gasteiger charge is -2.18. The number of esters is 1. The van der Waals surface area contributed by atoms with E-state index in [-0.39, 0.29) is 10.9 Å². The van der Waals surface area contributed by atoms with Crippen LogP contribution in [0.1, 0.15) is 23.6 Å². The lowest BCUT2D eigenvalue weighted by Crippen LogP contribution is -2.45. The molecule has 1 atom stereocenters. The van der Waals surface area contributed by atoms with Gasteiger partial charge in [-0.05, 0) is 36.2 Å². The van der Waals surface area contributed by atoms with Crippen molar-refractivity contribution in [1.29, 1.82) is 0 Å². The van der Waals surface area contributed by atoms with Crippen molar-refractivity contribution in [2.75, 3.05) is 17.7 Å². The van der Waals surface area contributed by atoms with Crippen LogP contribution in [0.15, 0.2) is 53.9 Å². The molecule has 1 aromatic heterocycles. The largest absolute Gasteiger partial charge is 0.467 e. The molecule has 172 valence electrons. The van der Waals surface area contributed by atoms with Gasteiger partial charge >= 0.3 is 12.0 Å². The maximum absolute atomic E-state index is 12.5. The lowest BCUT2D eigenvalue weighted by atomic mass is 10.0. The Hall–Kier alpha value is -3.43. The molecule has 1 heterocycles. The molecule has 0 bridgehead atoms. The summed E-state index contributed by atoms with van der Waals surface area (Å²) in [5.74, 6) is -1.07. The van der Waals surface area contributed by atoms with Crippen LogP contribution < -0.4 is 16.0 Å². The van der Waals surface area contributed by atoms with Crippen LogP contribution in [0.25, 0.3) is 11.3 Å². The fourth-order valence-corrected chi connectivity index (χ4v) is 3.84. The summed E-state index contributed by atoms with van der Waals surface area (Å²) in [7, 11) is 1.28. The van der Waals surface area contributed by atoms with Gasteiger partial charge in [0.1, 0.15) is 6.04 Å². The van der Waals surface area contributed by atoms with E-state index < -0.39 is 23.9 Å². The molecule has 0 aliphatic heterocycles. The minimum Gasteiger partial charge on any atom is -0.467 e. The van der Waals surface area contributed by atoms with E-state index in [9.17, 15) is 14.4 Å². The number of ether oxygens (including phenoxy) is 1. The maximum atomic E-state index is 12.5. The number of nitrogens with one attached hydrogen (secondary N) is 3. The van der Waals surface area contributed by atoms with Crippen molar-refractivity contribution in [1.82, 2.24) is 10.3 Å². The van der Waals surface area contributed by atoms with E-state index in [0.29, 0.717) is 22.1 Å². The van der Waals surface area contributed by atoms with Gasteiger partial charge in [0.05, 0.1) is 12.8 Å². The Labute approximate surface area is 200 Å². The number of benzene rings is 2. The third kappa shape index (κ3) is 6.53. The number of anilines is 2. The summed E-state index contributed by atoms with van der Waals surface area (Å²) in [6.45, 7) is 3.64. The summed E-state index contributed by atoms with van der Waals surface area (Å²) in [6, 6.07) is 12.7. The van der Waals surface area contributed by atoms with Crippen LogP contribution in [-0.4, -0.2) is 36.0 Å². The number of hydrogen-bond donors (Lipinski definition) is 3. The number of methoxy groups -OCH3 is 1. The molecule has 0 unspecified atom stereocenters. The van der Waals surface area contributed by atoms with Crippen molar-refractivity contribution in [2.45, 2.75) is 19.9 Å². The van der Waals surface area contributed by atoms with Crippen LogP contribution in [0.4, 0.5) is 16.2 Å². The molecule has 33 heavy (non-hydrogen) atoms. The summed E-state index contributed by atoms with van der Waals surface area (Å²) in [5, 5.41) is 10.6. The molecular weight excluding hydrogens is 464 g/mol. The normalized spacial score (nSPS) is 11.5. The topological polar surface area (TPSA) is 109 Å². The summed E-state index contributed by atoms with van der Waals surface area (Å²) >= 11 is 7.10. The molecule has 3 amide bonds. The van der Waals surface area contributed by atoms with Gasteiger partial charge in [-0.1, -0.05) is 43.6 Å². The van der Waals surface area contributed by atoms with E-state index in [2.05, 4.69) is 20.9 Å². The van der Waals surface area contributed by atoms with E-state index >= 15 is 0 Å². The van der Waals surface area contributed by atoms with Gasteiger partial charge in [0.2, 0.25) is 0 Å². The molecule has 2 aromatic carbocycles. The number of carbonyl (C=O) groups is 3. The smallest absolute Gasteiger partial charge is 0.328 e. The molecule has 0 aliphatic carbocycles. The van der Waals surface area contributed by atoms with E-state index in [1.54, 1.807) is 53.9 Å². The Balaban J connectivity index is 1.62. The Bertz CT molecular complexity index is 1150. The van der Waals surface area contributed by atoms with Gasteiger partial charge in [-0.25, -0.2) is 14.6 Å². The molecular formula is C23H23ClN4O4S. The third-order valence-corrected chi connectivity index (χ3v) is 5.70. The van der Waals surface area contributed by atoms with Gasteiger partial charge in [0, 0.05) is 27.3 Å². The molecule has 8 nitrogen and oxygen atoms in total. The van der Waals surface area contributed by atoms with E-state index in [1.165, 1.54) is 18.4 Å². The second-order valence-electron chi connectivity index (χ2n) is 7.42. The van der Waals surface area contributed by atoms with Crippen LogP contribution >= 0.6 is 22.9 Å². The van der Waals surface area contributed by atoms with Crippen molar-refractivity contribution in [3.63, 3.8) is 0 Å². The summed E-state index contributed by atoms with van der Waals surface area (Å²) in [4.78, 5) is 41.0. The zero-order valence-electron chi connectivity index (χ0n) is 18.2. The first-order chi connectivity index (χ1) is 15.8. The SMILES string of the molecule is COC(=O)[C@@H](NC(=O)c1nc(-c2ccc(NC(=O)Nc3cccc(Cl)c3)cc2)cs1)C(C)C. The van der Waals surface area contributed by atoms with Crippen LogP contribution in [0, 0.1) is 5.92 Å². The Morgan fingerprint density at radius 1 is 1.03 bits per heavy atom. The summed E-state index contributed by atoms with van der Waals surface area (Å²) in [6.07, 6.45) is 0. The van der Waals surface area contributed by atoms with Crippen LogP contribution in [0.5, 0.6) is 0 Å². The number of urea groups is 1. The molecule has 0 fully saturated rings. The minimum absolute atomic E-state index is 0.128. The first-order valence-corrected chi connectivity index (χ1v) is 11.3. The number of nitrogens with zero attached hydrogens (tertiary/aromatic N) is 1. The van der Waals surface area contributed by atoms with Crippen LogP contribution in [0.2, 0.25) is 5.02 Å². The predicted octanol–water partition coefficient (Wildman–Crippen LogP) is 5.03. The molecule has 0 saturated carbocycles. The monoisotopic (exact) mass is 486 g/mol. The molecule has 0 aliphatic rings. The van der Waals surface area contributed by atoms with Gasteiger partial charge in [0.25, 0.3) is 5.91 Å². The fraction of sp³-hybridized carbons (Fsp3) is 0.217. The van der Waals surface area contributed by atoms with Crippen LogP contribution in [0.3, 0.4) is 0 Å². The summed E-state index contributed by atoms with van der Waals surface area (Å²) < 4.78 is 4.75. The van der Waals surface area contributed by atoms with Crippen molar-refractivity contribution < 1.29 is 19.1 Å². The molecule has 0 spiro atoms. The van der Waals surface area contributed by atoms with Crippen molar-refractivity contribution in [2.24, 2.45) is 5.92 Å². The molecule has 0 radical (unpaired) electrons. The van der Waals surface area contributed by atoms with Gasteiger partial charge < -0.3 is 20.7 Å². The molecule has 10 heteroatoms. The maximum Gasteiger partial charge on any atom is 0.328 e. The first-order valence-electron chi connectivity index (χ1n) is 10.0. The van der Waals surface area contributed by atoms with Crippen molar-refractivity contribution in [3.05, 3.63) is 63.9 Å². The second-order valence-corrected chi connectivity index (χ2v) is 8.72. The number of carbonyl (C=O) groups excluding carboxylic acids is 3. The Morgan fingerprint density at radius 3 is 2.36 bits per heavy atom. The zero-order valence-corrected chi connectivity index (χ0v) is 19.8. The van der Waals surface area contributed by atoms with E-state index in [1.807, 2.05) is 13.8 Å². The van der Waals surface area contributed by atoms with Crippen LogP contribution in [-0.2, 0) is 9.53 Å². The van der Waals surface area contributed by atoms with Gasteiger partial charge in [-0.2, -0.15) is 0 Å². The quantitative estimate of drug-likeness (QED) is 0.405. The molecule has 3 rings (SSSR count). The lowest BCUT2D eigenvalue weighted by molar-refractivity contribution is -0.144. The molecule has 3 aromatic rings. The second kappa shape index (κ2) is 10.9. The highest BCUT2D eigenvalue weighted by atomic mass is 35.5. The van der Waals surface area contributed by atoms with Crippen molar-refractivity contribution in [3.8, 4) is 11.3 Å². The average molecular weight is 487 g/mol. The minimum atomic E-state index is -0.752. The van der Waals surface area contributed by atoms with E-state index in [4.69, 9.17) is 16.3 Å². The van der Waals surface area contributed by atoms with Gasteiger partial charge in [-0.3, -0.25) is 4.79 Å². The zero-order chi connectivity index (χ0) is 24.0. The molecule has 3 N–H and O–H groups in total. The van der Waals surface area contributed by atoms with Gasteiger partial charge in [-0.15, -0.1) is 11.3 Å². The van der Waals surface area contributed by atoms with E-state index in [0.717, 1.165) is 5.56 Å². The number of rotatable bonds is 7. The third-order valence-electron chi connectivity index (χ3n) is 4.63. The number of amides is 3. The highest BCUT2D eigenvalue weighted by Crippen LogP contribution is 2.24. The fourth-order valence-electron chi connectivity index (χ4n) is 2.92. The molecule has 0 saturated heterocycles. The summed E-state index contributed by atoms with van der Waals surface area (Å²) in [5.41, 5.74) is 2.56.